The molecule has 1 atom stereocenters. The summed E-state index contributed by atoms with van der Waals surface area (Å²) in [5, 5.41) is 3.24. The quantitative estimate of drug-likeness (QED) is 0.883. The Bertz CT molecular complexity index is 569. The molecule has 21 heavy (non-hydrogen) atoms. The third-order valence-corrected chi connectivity index (χ3v) is 3.65. The fourth-order valence-electron chi connectivity index (χ4n) is 2.35. The molecule has 4 heteroatoms. The lowest BCUT2D eigenvalue weighted by Crippen LogP contribution is -2.25. The van der Waals surface area contributed by atoms with Crippen LogP contribution in [0.15, 0.2) is 42.6 Å². The third kappa shape index (κ3) is 4.26. The van der Waals surface area contributed by atoms with E-state index in [0.29, 0.717) is 0 Å². The van der Waals surface area contributed by atoms with Crippen LogP contribution < -0.4 is 10.2 Å². The highest BCUT2D eigenvalue weighted by Crippen LogP contribution is 2.18. The molecule has 0 saturated carbocycles. The van der Waals surface area contributed by atoms with Gasteiger partial charge in [-0.2, -0.15) is 0 Å². The van der Waals surface area contributed by atoms with Gasteiger partial charge in [0.15, 0.2) is 0 Å². The molecule has 2 aromatic rings. The largest absolute Gasteiger partial charge is 0.375 e. The van der Waals surface area contributed by atoms with E-state index in [2.05, 4.69) is 53.4 Å². The summed E-state index contributed by atoms with van der Waals surface area (Å²) < 4.78 is 12.9. The lowest BCUT2D eigenvalue weighted by molar-refractivity contribution is 0.531. The van der Waals surface area contributed by atoms with Crippen molar-refractivity contribution in [1.82, 2.24) is 10.3 Å². The Morgan fingerprint density at radius 3 is 2.71 bits per heavy atom. The molecule has 2 rings (SSSR count). The van der Waals surface area contributed by atoms with E-state index in [9.17, 15) is 4.39 Å². The average Bonchev–Trinajstić information content (AvgIpc) is 2.49. The van der Waals surface area contributed by atoms with Gasteiger partial charge < -0.3 is 10.2 Å². The first-order valence-electron chi connectivity index (χ1n) is 7.16. The van der Waals surface area contributed by atoms with Crippen molar-refractivity contribution in [3.63, 3.8) is 0 Å². The first kappa shape index (κ1) is 15.4. The van der Waals surface area contributed by atoms with Gasteiger partial charge in [0, 0.05) is 19.3 Å². The van der Waals surface area contributed by atoms with Crippen molar-refractivity contribution in [3.8, 4) is 0 Å². The Hall–Kier alpha value is -1.94. The topological polar surface area (TPSA) is 28.2 Å². The molecule has 0 saturated heterocycles. The Morgan fingerprint density at radius 2 is 2.10 bits per heavy atom. The molecule has 1 aromatic carbocycles. The van der Waals surface area contributed by atoms with Crippen LogP contribution in [-0.4, -0.2) is 25.6 Å². The van der Waals surface area contributed by atoms with Gasteiger partial charge in [0.1, 0.15) is 5.82 Å². The number of rotatable bonds is 6. The summed E-state index contributed by atoms with van der Waals surface area (Å²) >= 11 is 0. The second-order valence-corrected chi connectivity index (χ2v) is 5.29. The summed E-state index contributed by atoms with van der Waals surface area (Å²) in [6.45, 7) is 2.99. The number of nitrogens with zero attached hydrogens (tertiary/aromatic N) is 2. The fourth-order valence-corrected chi connectivity index (χ4v) is 2.35. The Morgan fingerprint density at radius 1 is 1.29 bits per heavy atom. The zero-order valence-electron chi connectivity index (χ0n) is 12.8. The van der Waals surface area contributed by atoms with Crippen LogP contribution in [0.25, 0.3) is 0 Å². The van der Waals surface area contributed by atoms with E-state index in [1.807, 2.05) is 7.05 Å². The van der Waals surface area contributed by atoms with Crippen molar-refractivity contribution in [3.05, 3.63) is 59.7 Å². The minimum atomic E-state index is -0.300. The fraction of sp³-hybridized carbons (Fsp3) is 0.353. The van der Waals surface area contributed by atoms with Gasteiger partial charge in [-0.05, 0) is 50.2 Å². The highest BCUT2D eigenvalue weighted by Gasteiger charge is 2.12. The van der Waals surface area contributed by atoms with Gasteiger partial charge in [0.25, 0.3) is 0 Å². The SMILES string of the molecule is CNC(CCN(C)c1cccc(C)c1)c1ccc(F)cn1. The van der Waals surface area contributed by atoms with Crippen LogP contribution in [0.1, 0.15) is 23.7 Å². The van der Waals surface area contributed by atoms with Crippen molar-refractivity contribution < 1.29 is 4.39 Å². The number of hydrogen-bond acceptors (Lipinski definition) is 3. The lowest BCUT2D eigenvalue weighted by atomic mass is 10.1. The maximum atomic E-state index is 12.9. The predicted octanol–water partition coefficient (Wildman–Crippen LogP) is 3.32. The van der Waals surface area contributed by atoms with Crippen LogP contribution in [0.5, 0.6) is 0 Å². The Balaban J connectivity index is 1.98. The summed E-state index contributed by atoms with van der Waals surface area (Å²) in [7, 11) is 3.99. The highest BCUT2D eigenvalue weighted by molar-refractivity contribution is 5.47. The Labute approximate surface area is 125 Å². The first-order chi connectivity index (χ1) is 10.1. The number of aromatic nitrogens is 1. The van der Waals surface area contributed by atoms with Gasteiger partial charge in [-0.15, -0.1) is 0 Å². The van der Waals surface area contributed by atoms with Gasteiger partial charge in [-0.1, -0.05) is 12.1 Å². The molecule has 112 valence electrons. The van der Waals surface area contributed by atoms with E-state index in [1.165, 1.54) is 23.5 Å². The van der Waals surface area contributed by atoms with Crippen molar-refractivity contribution >= 4 is 5.69 Å². The number of hydrogen-bond donors (Lipinski definition) is 1. The standard InChI is InChI=1S/C17H22FN3/c1-13-5-4-6-15(11-13)21(3)10-9-16(19-2)17-8-7-14(18)12-20-17/h4-8,11-12,16,19H,9-10H2,1-3H3. The summed E-state index contributed by atoms with van der Waals surface area (Å²) in [5.74, 6) is -0.300. The number of pyridine rings is 1. The van der Waals surface area contributed by atoms with E-state index in [1.54, 1.807) is 6.07 Å². The van der Waals surface area contributed by atoms with E-state index in [-0.39, 0.29) is 11.9 Å². The second-order valence-electron chi connectivity index (χ2n) is 5.29. The summed E-state index contributed by atoms with van der Waals surface area (Å²) in [4.78, 5) is 6.38. The van der Waals surface area contributed by atoms with Crippen LogP contribution in [0.3, 0.4) is 0 Å². The zero-order chi connectivity index (χ0) is 15.2. The van der Waals surface area contributed by atoms with E-state index < -0.39 is 0 Å². The second kappa shape index (κ2) is 7.18. The molecule has 0 aliphatic carbocycles. The maximum Gasteiger partial charge on any atom is 0.141 e. The maximum absolute atomic E-state index is 12.9. The van der Waals surface area contributed by atoms with Gasteiger partial charge in [-0.3, -0.25) is 4.98 Å². The van der Waals surface area contributed by atoms with E-state index in [0.717, 1.165) is 18.7 Å². The summed E-state index contributed by atoms with van der Waals surface area (Å²) in [6.07, 6.45) is 2.17. The Kier molecular flexibility index (Phi) is 5.28. The number of nitrogens with one attached hydrogen (secondary N) is 1. The van der Waals surface area contributed by atoms with Crippen molar-refractivity contribution in [2.45, 2.75) is 19.4 Å². The van der Waals surface area contributed by atoms with Crippen molar-refractivity contribution in [2.24, 2.45) is 0 Å². The van der Waals surface area contributed by atoms with E-state index in [4.69, 9.17) is 0 Å². The zero-order valence-corrected chi connectivity index (χ0v) is 12.8. The molecule has 0 aliphatic rings. The van der Waals surface area contributed by atoms with Crippen LogP contribution in [0.4, 0.5) is 10.1 Å². The normalized spacial score (nSPS) is 12.2. The molecule has 0 amide bonds. The molecule has 1 N–H and O–H groups in total. The van der Waals surface area contributed by atoms with Gasteiger partial charge in [0.2, 0.25) is 0 Å². The number of benzene rings is 1. The molecular weight excluding hydrogens is 265 g/mol. The number of aryl methyl sites for hydroxylation is 1. The molecule has 0 bridgehead atoms. The molecular formula is C17H22FN3. The molecule has 1 unspecified atom stereocenters. The van der Waals surface area contributed by atoms with Gasteiger partial charge in [-0.25, -0.2) is 4.39 Å². The number of anilines is 1. The minimum Gasteiger partial charge on any atom is -0.375 e. The highest BCUT2D eigenvalue weighted by atomic mass is 19.1. The molecule has 0 spiro atoms. The first-order valence-corrected chi connectivity index (χ1v) is 7.16. The van der Waals surface area contributed by atoms with Crippen LogP contribution in [0, 0.1) is 12.7 Å². The average molecular weight is 287 g/mol. The van der Waals surface area contributed by atoms with Crippen molar-refractivity contribution in [2.75, 3.05) is 25.5 Å². The van der Waals surface area contributed by atoms with Gasteiger partial charge >= 0.3 is 0 Å². The smallest absolute Gasteiger partial charge is 0.141 e. The van der Waals surface area contributed by atoms with Gasteiger partial charge in [0.05, 0.1) is 17.9 Å². The van der Waals surface area contributed by atoms with Crippen LogP contribution in [0.2, 0.25) is 0 Å². The monoisotopic (exact) mass is 287 g/mol. The predicted molar refractivity (Wildman–Crippen MR) is 85.1 cm³/mol. The molecule has 0 fully saturated rings. The van der Waals surface area contributed by atoms with Crippen LogP contribution in [-0.2, 0) is 0 Å². The molecule has 1 heterocycles. The minimum absolute atomic E-state index is 0.123. The summed E-state index contributed by atoms with van der Waals surface area (Å²) in [5.41, 5.74) is 3.33. The van der Waals surface area contributed by atoms with Crippen LogP contribution >= 0.6 is 0 Å². The molecule has 0 aliphatic heterocycles. The molecule has 3 nitrogen and oxygen atoms in total. The van der Waals surface area contributed by atoms with E-state index >= 15 is 0 Å². The molecule has 0 radical (unpaired) electrons. The summed E-state index contributed by atoms with van der Waals surface area (Å²) in [6, 6.07) is 11.8. The molecule has 1 aromatic heterocycles. The number of halogens is 1. The van der Waals surface area contributed by atoms with Crippen molar-refractivity contribution in [1.29, 1.82) is 0 Å². The third-order valence-electron chi connectivity index (χ3n) is 3.65. The lowest BCUT2D eigenvalue weighted by Gasteiger charge is -2.23.